The molecule has 0 spiro atoms. The van der Waals surface area contributed by atoms with E-state index in [-0.39, 0.29) is 11.8 Å². The standard InChI is InChI=1S/C23H24Cl2N6O2/c1-23(2,3)31(22(32)33)13-16-6-7-18(29-20-19(24)12-28-21(25)30-20)9-15(16)5-4-14-8-17(26)11-27-10-14/h4-12H,13,26H2,1-3H3,(H,32,33)(H,28,29,30). The van der Waals surface area contributed by atoms with Crippen LogP contribution in [0.3, 0.4) is 0 Å². The molecule has 33 heavy (non-hydrogen) atoms. The van der Waals surface area contributed by atoms with Crippen LogP contribution in [0.4, 0.5) is 22.0 Å². The van der Waals surface area contributed by atoms with Crippen LogP contribution in [0.25, 0.3) is 12.2 Å². The van der Waals surface area contributed by atoms with E-state index >= 15 is 0 Å². The number of nitrogens with one attached hydrogen (secondary N) is 1. The molecule has 8 nitrogen and oxygen atoms in total. The van der Waals surface area contributed by atoms with Gasteiger partial charge in [-0.05, 0) is 67.3 Å². The molecule has 0 aliphatic rings. The van der Waals surface area contributed by atoms with Gasteiger partial charge < -0.3 is 16.2 Å². The summed E-state index contributed by atoms with van der Waals surface area (Å²) < 4.78 is 0. The average molecular weight is 487 g/mol. The maximum Gasteiger partial charge on any atom is 0.408 e. The van der Waals surface area contributed by atoms with Gasteiger partial charge in [0.05, 0.1) is 18.4 Å². The van der Waals surface area contributed by atoms with Crippen molar-refractivity contribution in [1.29, 1.82) is 0 Å². The van der Waals surface area contributed by atoms with Gasteiger partial charge in [-0.1, -0.05) is 29.8 Å². The summed E-state index contributed by atoms with van der Waals surface area (Å²) in [4.78, 5) is 25.3. The van der Waals surface area contributed by atoms with Crippen molar-refractivity contribution in [2.24, 2.45) is 0 Å². The summed E-state index contributed by atoms with van der Waals surface area (Å²) in [5.41, 5.74) is 8.93. The van der Waals surface area contributed by atoms with Gasteiger partial charge in [0.15, 0.2) is 5.82 Å². The van der Waals surface area contributed by atoms with Crippen molar-refractivity contribution in [2.75, 3.05) is 11.1 Å². The fraction of sp³-hybridized carbons (Fsp3) is 0.217. The van der Waals surface area contributed by atoms with E-state index < -0.39 is 11.6 Å². The predicted molar refractivity (Wildman–Crippen MR) is 133 cm³/mol. The third-order valence-electron chi connectivity index (χ3n) is 4.73. The molecule has 3 aromatic rings. The second-order valence-electron chi connectivity index (χ2n) is 8.30. The van der Waals surface area contributed by atoms with E-state index in [1.807, 2.05) is 51.1 Å². The zero-order valence-electron chi connectivity index (χ0n) is 18.4. The van der Waals surface area contributed by atoms with E-state index in [4.69, 9.17) is 28.9 Å². The first-order valence-corrected chi connectivity index (χ1v) is 10.8. The lowest BCUT2D eigenvalue weighted by Gasteiger charge is -2.33. The summed E-state index contributed by atoms with van der Waals surface area (Å²) in [6, 6.07) is 7.36. The first-order valence-electron chi connectivity index (χ1n) is 10.00. The number of amides is 1. The number of benzene rings is 1. The Morgan fingerprint density at radius 3 is 2.61 bits per heavy atom. The summed E-state index contributed by atoms with van der Waals surface area (Å²) >= 11 is 12.1. The maximum atomic E-state index is 11.9. The van der Waals surface area contributed by atoms with Crippen LogP contribution in [0.5, 0.6) is 0 Å². The highest BCUT2D eigenvalue weighted by molar-refractivity contribution is 6.33. The van der Waals surface area contributed by atoms with E-state index in [1.165, 1.54) is 11.1 Å². The number of nitrogens with two attached hydrogens (primary N) is 1. The normalized spacial score (nSPS) is 11.5. The second-order valence-corrected chi connectivity index (χ2v) is 9.04. The lowest BCUT2D eigenvalue weighted by molar-refractivity contribution is 0.0955. The molecular weight excluding hydrogens is 463 g/mol. The van der Waals surface area contributed by atoms with Gasteiger partial charge in [-0.25, -0.2) is 9.78 Å². The number of hydrogen-bond donors (Lipinski definition) is 3. The molecule has 3 rings (SSSR count). The molecule has 10 heteroatoms. The number of carboxylic acid groups (broad SMARTS) is 1. The molecule has 2 heterocycles. The largest absolute Gasteiger partial charge is 0.465 e. The Morgan fingerprint density at radius 1 is 1.18 bits per heavy atom. The summed E-state index contributed by atoms with van der Waals surface area (Å²) in [7, 11) is 0. The van der Waals surface area contributed by atoms with E-state index in [0.717, 1.165) is 16.7 Å². The van der Waals surface area contributed by atoms with Gasteiger partial charge in [-0.2, -0.15) is 4.98 Å². The monoisotopic (exact) mass is 486 g/mol. The van der Waals surface area contributed by atoms with Gasteiger partial charge in [0.25, 0.3) is 0 Å². The summed E-state index contributed by atoms with van der Waals surface area (Å²) in [6.07, 6.45) is 7.42. The van der Waals surface area contributed by atoms with Gasteiger partial charge in [0.2, 0.25) is 5.28 Å². The molecule has 172 valence electrons. The van der Waals surface area contributed by atoms with Crippen LogP contribution >= 0.6 is 23.2 Å². The quantitative estimate of drug-likeness (QED) is 0.368. The Kier molecular flexibility index (Phi) is 7.40. The Hall–Kier alpha value is -3.36. The average Bonchev–Trinajstić information content (AvgIpc) is 2.73. The first-order chi connectivity index (χ1) is 15.5. The van der Waals surface area contributed by atoms with Crippen molar-refractivity contribution in [2.45, 2.75) is 32.9 Å². The van der Waals surface area contributed by atoms with Crippen molar-refractivity contribution in [1.82, 2.24) is 19.9 Å². The van der Waals surface area contributed by atoms with Gasteiger partial charge in [0.1, 0.15) is 5.02 Å². The molecule has 1 amide bonds. The van der Waals surface area contributed by atoms with Crippen molar-refractivity contribution in [3.05, 3.63) is 69.9 Å². The number of pyridine rings is 1. The third kappa shape index (κ3) is 6.57. The van der Waals surface area contributed by atoms with Crippen LogP contribution in [0.15, 0.2) is 42.9 Å². The van der Waals surface area contributed by atoms with E-state index in [0.29, 0.717) is 22.2 Å². The fourth-order valence-corrected chi connectivity index (χ4v) is 3.33. The van der Waals surface area contributed by atoms with Gasteiger partial charge >= 0.3 is 6.09 Å². The number of anilines is 3. The van der Waals surface area contributed by atoms with Crippen LogP contribution in [-0.2, 0) is 6.54 Å². The van der Waals surface area contributed by atoms with E-state index in [2.05, 4.69) is 20.3 Å². The molecule has 4 N–H and O–H groups in total. The minimum Gasteiger partial charge on any atom is -0.465 e. The highest BCUT2D eigenvalue weighted by Gasteiger charge is 2.26. The summed E-state index contributed by atoms with van der Waals surface area (Å²) in [6.45, 7) is 5.76. The fourth-order valence-electron chi connectivity index (χ4n) is 3.06. The number of rotatable bonds is 6. The Labute approximate surface area is 202 Å². The lowest BCUT2D eigenvalue weighted by Crippen LogP contribution is -2.44. The topological polar surface area (TPSA) is 117 Å². The summed E-state index contributed by atoms with van der Waals surface area (Å²) in [5, 5.41) is 13.2. The molecule has 1 aromatic carbocycles. The zero-order chi connectivity index (χ0) is 24.2. The van der Waals surface area contributed by atoms with Crippen molar-refractivity contribution in [3.8, 4) is 0 Å². The first kappa shape index (κ1) is 24.3. The second kappa shape index (κ2) is 10.1. The molecule has 0 saturated carbocycles. The van der Waals surface area contributed by atoms with Crippen molar-refractivity contribution >= 4 is 58.6 Å². The molecule has 0 atom stereocenters. The van der Waals surface area contributed by atoms with Gasteiger partial charge in [0, 0.05) is 23.6 Å². The van der Waals surface area contributed by atoms with Crippen molar-refractivity contribution < 1.29 is 9.90 Å². The smallest absolute Gasteiger partial charge is 0.408 e. The zero-order valence-corrected chi connectivity index (χ0v) is 19.9. The molecule has 0 saturated heterocycles. The molecule has 0 bridgehead atoms. The van der Waals surface area contributed by atoms with Crippen LogP contribution in [0.2, 0.25) is 10.3 Å². The Balaban J connectivity index is 2.01. The number of aromatic nitrogens is 3. The number of nitrogens with zero attached hydrogens (tertiary/aromatic N) is 4. The highest BCUT2D eigenvalue weighted by Crippen LogP contribution is 2.28. The minimum atomic E-state index is -0.998. The van der Waals surface area contributed by atoms with Gasteiger partial charge in [-0.15, -0.1) is 0 Å². The number of nitrogen functional groups attached to an aromatic ring is 1. The Morgan fingerprint density at radius 2 is 1.94 bits per heavy atom. The molecule has 0 radical (unpaired) electrons. The van der Waals surface area contributed by atoms with Crippen molar-refractivity contribution in [3.63, 3.8) is 0 Å². The summed E-state index contributed by atoms with van der Waals surface area (Å²) in [5.74, 6) is 0.362. The highest BCUT2D eigenvalue weighted by atomic mass is 35.5. The van der Waals surface area contributed by atoms with Crippen LogP contribution in [0, 0.1) is 0 Å². The molecule has 0 fully saturated rings. The SMILES string of the molecule is CC(C)(C)N(Cc1ccc(Nc2nc(Cl)ncc2Cl)cc1C=Cc1cncc(N)c1)C(=O)O. The van der Waals surface area contributed by atoms with E-state index in [9.17, 15) is 9.90 Å². The molecule has 0 aliphatic carbocycles. The van der Waals surface area contributed by atoms with E-state index in [1.54, 1.807) is 18.5 Å². The number of hydrogen-bond acceptors (Lipinski definition) is 6. The molecule has 0 aliphatic heterocycles. The predicted octanol–water partition coefficient (Wildman–Crippen LogP) is 5.95. The Bertz CT molecular complexity index is 1190. The lowest BCUT2D eigenvalue weighted by atomic mass is 10.0. The third-order valence-corrected chi connectivity index (χ3v) is 5.19. The van der Waals surface area contributed by atoms with Crippen LogP contribution in [-0.4, -0.2) is 36.6 Å². The minimum absolute atomic E-state index is 0.0649. The maximum absolute atomic E-state index is 11.9. The number of carbonyl (C=O) groups is 1. The molecule has 0 unspecified atom stereocenters. The van der Waals surface area contributed by atoms with Gasteiger partial charge in [-0.3, -0.25) is 9.88 Å². The molecule has 2 aromatic heterocycles. The number of halogens is 2. The van der Waals surface area contributed by atoms with Crippen LogP contribution in [0.1, 0.15) is 37.5 Å². The van der Waals surface area contributed by atoms with Crippen LogP contribution < -0.4 is 11.1 Å². The molecular formula is C23H24Cl2N6O2.